The van der Waals surface area contributed by atoms with E-state index in [0.717, 1.165) is 5.56 Å². The molecule has 112 valence electrons. The van der Waals surface area contributed by atoms with E-state index in [2.05, 4.69) is 25.7 Å². The van der Waals surface area contributed by atoms with Gasteiger partial charge in [-0.2, -0.15) is 5.10 Å². The number of aromatic nitrogens is 4. The van der Waals surface area contributed by atoms with Gasteiger partial charge in [0, 0.05) is 6.07 Å². The summed E-state index contributed by atoms with van der Waals surface area (Å²) in [5, 5.41) is 13.2. The molecule has 0 aliphatic rings. The Labute approximate surface area is 130 Å². The minimum absolute atomic E-state index is 0.207. The number of rotatable bonds is 5. The van der Waals surface area contributed by atoms with Gasteiger partial charge in [-0.05, 0) is 12.5 Å². The fourth-order valence-electron chi connectivity index (χ4n) is 1.88. The Hall–Kier alpha value is -2.61. The summed E-state index contributed by atoms with van der Waals surface area (Å²) in [7, 11) is 0. The van der Waals surface area contributed by atoms with Gasteiger partial charge in [-0.25, -0.2) is 4.98 Å². The molecule has 1 atom stereocenters. The Balaban J connectivity index is 1.82. The van der Waals surface area contributed by atoms with Gasteiger partial charge in [-0.1, -0.05) is 47.3 Å². The Morgan fingerprint density at radius 2 is 2.18 bits per heavy atom. The molecular weight excluding hydrogens is 302 g/mol. The van der Waals surface area contributed by atoms with E-state index in [0.29, 0.717) is 16.7 Å². The lowest BCUT2D eigenvalue weighted by molar-refractivity contribution is -0.115. The number of carbonyl (C=O) groups excluding carboxylic acids is 1. The average molecular weight is 315 g/mol. The molecule has 0 spiro atoms. The number of carbonyl (C=O) groups is 1. The van der Waals surface area contributed by atoms with Crippen LogP contribution in [0.5, 0.6) is 0 Å². The van der Waals surface area contributed by atoms with Crippen molar-refractivity contribution < 1.29 is 9.32 Å². The summed E-state index contributed by atoms with van der Waals surface area (Å²) >= 11 is 1.28. The van der Waals surface area contributed by atoms with Crippen molar-refractivity contribution in [3.63, 3.8) is 0 Å². The molecule has 0 radical (unpaired) electrons. The Bertz CT molecular complexity index is 742. The van der Waals surface area contributed by atoms with E-state index in [4.69, 9.17) is 4.52 Å². The van der Waals surface area contributed by atoms with Crippen LogP contribution in [0.1, 0.15) is 16.6 Å². The summed E-state index contributed by atoms with van der Waals surface area (Å²) in [6.45, 7) is 1.76. The normalized spacial score (nSPS) is 12.0. The largest absolute Gasteiger partial charge is 0.360 e. The number of aryl methyl sites for hydroxylation is 1. The summed E-state index contributed by atoms with van der Waals surface area (Å²) in [6.07, 6.45) is 1.41. The molecule has 8 heteroatoms. The molecule has 7 nitrogen and oxygen atoms in total. The summed E-state index contributed by atoms with van der Waals surface area (Å²) in [5.41, 5.74) is 0.863. The van der Waals surface area contributed by atoms with E-state index >= 15 is 0 Å². The van der Waals surface area contributed by atoms with Crippen LogP contribution in [0.25, 0.3) is 0 Å². The van der Waals surface area contributed by atoms with Gasteiger partial charge in [0.15, 0.2) is 11.0 Å². The summed E-state index contributed by atoms with van der Waals surface area (Å²) in [5.74, 6) is 0.817. The molecule has 0 saturated carbocycles. The molecule has 2 heterocycles. The van der Waals surface area contributed by atoms with Crippen molar-refractivity contribution in [2.45, 2.75) is 17.3 Å². The maximum Gasteiger partial charge on any atom is 0.243 e. The summed E-state index contributed by atoms with van der Waals surface area (Å²) in [4.78, 5) is 16.6. The van der Waals surface area contributed by atoms with Crippen molar-refractivity contribution in [1.82, 2.24) is 20.3 Å². The average Bonchev–Trinajstić information content (AvgIpc) is 3.17. The molecule has 22 heavy (non-hydrogen) atoms. The van der Waals surface area contributed by atoms with E-state index in [1.807, 2.05) is 30.3 Å². The zero-order valence-corrected chi connectivity index (χ0v) is 12.5. The van der Waals surface area contributed by atoms with Crippen LogP contribution in [0.3, 0.4) is 0 Å². The van der Waals surface area contributed by atoms with Crippen molar-refractivity contribution in [3.05, 3.63) is 54.0 Å². The van der Waals surface area contributed by atoms with Gasteiger partial charge in [0.05, 0.1) is 0 Å². The molecular formula is C14H13N5O2S. The topological polar surface area (TPSA) is 96.7 Å². The molecule has 0 aliphatic carbocycles. The lowest BCUT2D eigenvalue weighted by Gasteiger charge is -2.14. The first-order valence-electron chi connectivity index (χ1n) is 6.53. The van der Waals surface area contributed by atoms with Gasteiger partial charge in [-0.3, -0.25) is 9.89 Å². The van der Waals surface area contributed by atoms with E-state index in [1.165, 1.54) is 18.1 Å². The first-order valence-corrected chi connectivity index (χ1v) is 7.41. The van der Waals surface area contributed by atoms with Crippen LogP contribution in [0.15, 0.2) is 52.4 Å². The quantitative estimate of drug-likeness (QED) is 0.702. The number of nitrogens with zero attached hydrogens (tertiary/aromatic N) is 3. The predicted molar refractivity (Wildman–Crippen MR) is 81.3 cm³/mol. The van der Waals surface area contributed by atoms with Gasteiger partial charge < -0.3 is 9.84 Å². The van der Waals surface area contributed by atoms with Gasteiger partial charge in [0.25, 0.3) is 0 Å². The van der Waals surface area contributed by atoms with Crippen molar-refractivity contribution in [1.29, 1.82) is 0 Å². The van der Waals surface area contributed by atoms with Crippen LogP contribution in [0, 0.1) is 6.92 Å². The van der Waals surface area contributed by atoms with E-state index in [1.54, 1.807) is 13.0 Å². The number of hydrogen-bond acceptors (Lipinski definition) is 6. The summed E-state index contributed by atoms with van der Waals surface area (Å²) < 4.78 is 4.96. The number of anilines is 1. The second-order valence-electron chi connectivity index (χ2n) is 4.51. The van der Waals surface area contributed by atoms with Gasteiger partial charge >= 0.3 is 0 Å². The smallest absolute Gasteiger partial charge is 0.243 e. The molecule has 0 saturated heterocycles. The maximum absolute atomic E-state index is 12.6. The standard InChI is InChI=1S/C14H13N5O2S/c1-9-7-11(19-21-9)17-13(20)12(10-5-3-2-4-6-10)22-14-15-8-16-18-14/h2-8,12H,1H3,(H,15,16,18)(H,17,19,20)/t12-/m0/s1. The second kappa shape index (κ2) is 6.44. The highest BCUT2D eigenvalue weighted by Gasteiger charge is 2.24. The third-order valence-electron chi connectivity index (χ3n) is 2.84. The first kappa shape index (κ1) is 14.3. The van der Waals surface area contributed by atoms with E-state index in [-0.39, 0.29) is 5.91 Å². The molecule has 0 aliphatic heterocycles. The highest BCUT2D eigenvalue weighted by molar-refractivity contribution is 8.00. The molecule has 0 bridgehead atoms. The maximum atomic E-state index is 12.6. The van der Waals surface area contributed by atoms with Crippen molar-refractivity contribution >= 4 is 23.5 Å². The van der Waals surface area contributed by atoms with Crippen LogP contribution in [0.2, 0.25) is 0 Å². The monoisotopic (exact) mass is 315 g/mol. The first-order chi connectivity index (χ1) is 10.7. The van der Waals surface area contributed by atoms with Crippen molar-refractivity contribution in [2.75, 3.05) is 5.32 Å². The molecule has 2 N–H and O–H groups in total. The number of amides is 1. The van der Waals surface area contributed by atoms with Crippen molar-refractivity contribution in [3.8, 4) is 0 Å². The van der Waals surface area contributed by atoms with Gasteiger partial charge in [-0.15, -0.1) is 0 Å². The molecule has 0 unspecified atom stereocenters. The zero-order valence-electron chi connectivity index (χ0n) is 11.7. The second-order valence-corrected chi connectivity index (χ2v) is 5.61. The molecule has 3 rings (SSSR count). The minimum atomic E-state index is -0.480. The third kappa shape index (κ3) is 3.34. The lowest BCUT2D eigenvalue weighted by Crippen LogP contribution is -2.19. The predicted octanol–water partition coefficient (Wildman–Crippen LogP) is 2.57. The highest BCUT2D eigenvalue weighted by Crippen LogP contribution is 2.33. The molecule has 2 aromatic heterocycles. The summed E-state index contributed by atoms with van der Waals surface area (Å²) in [6, 6.07) is 11.1. The fourth-order valence-corrected chi connectivity index (χ4v) is 2.78. The van der Waals surface area contributed by atoms with E-state index < -0.39 is 5.25 Å². The van der Waals surface area contributed by atoms with Crippen LogP contribution in [0.4, 0.5) is 5.82 Å². The van der Waals surface area contributed by atoms with Crippen LogP contribution in [-0.4, -0.2) is 26.2 Å². The van der Waals surface area contributed by atoms with Crippen LogP contribution < -0.4 is 5.32 Å². The van der Waals surface area contributed by atoms with Crippen molar-refractivity contribution in [2.24, 2.45) is 0 Å². The Kier molecular flexibility index (Phi) is 4.19. The number of thioether (sulfide) groups is 1. The number of nitrogens with one attached hydrogen (secondary N) is 2. The number of H-pyrrole nitrogens is 1. The molecule has 3 aromatic rings. The van der Waals surface area contributed by atoms with Crippen LogP contribution >= 0.6 is 11.8 Å². The SMILES string of the molecule is Cc1cc(NC(=O)[C@@H](Sc2ncn[nH]2)c2ccccc2)no1. The Morgan fingerprint density at radius 1 is 1.36 bits per heavy atom. The highest BCUT2D eigenvalue weighted by atomic mass is 32.2. The minimum Gasteiger partial charge on any atom is -0.360 e. The van der Waals surface area contributed by atoms with Crippen LogP contribution in [-0.2, 0) is 4.79 Å². The number of aromatic amines is 1. The van der Waals surface area contributed by atoms with Gasteiger partial charge in [0.2, 0.25) is 5.91 Å². The number of benzene rings is 1. The number of hydrogen-bond donors (Lipinski definition) is 2. The fraction of sp³-hybridized carbons (Fsp3) is 0.143. The third-order valence-corrected chi connectivity index (χ3v) is 3.98. The van der Waals surface area contributed by atoms with Gasteiger partial charge in [0.1, 0.15) is 17.3 Å². The Morgan fingerprint density at radius 3 is 2.82 bits per heavy atom. The molecule has 1 aromatic carbocycles. The molecule has 1 amide bonds. The molecule has 0 fully saturated rings. The zero-order chi connectivity index (χ0) is 15.4. The van der Waals surface area contributed by atoms with E-state index in [9.17, 15) is 4.79 Å². The lowest BCUT2D eigenvalue weighted by atomic mass is 10.1.